The summed E-state index contributed by atoms with van der Waals surface area (Å²) in [4.78, 5) is 38.1. The van der Waals surface area contributed by atoms with Crippen LogP contribution in [0.4, 0.5) is 0 Å². The van der Waals surface area contributed by atoms with E-state index in [2.05, 4.69) is 130 Å². The van der Waals surface area contributed by atoms with Gasteiger partial charge >= 0.3 is 17.9 Å². The van der Waals surface area contributed by atoms with Gasteiger partial charge in [0.1, 0.15) is 13.2 Å². The number of esters is 3. The Hall–Kier alpha value is -3.93. The minimum absolute atomic E-state index is 0.0995. The Labute approximate surface area is 425 Å². The molecule has 0 aliphatic carbocycles. The summed E-state index contributed by atoms with van der Waals surface area (Å²) in [6.07, 6.45) is 76.4. The molecule has 1 unspecified atom stereocenters. The zero-order valence-electron chi connectivity index (χ0n) is 44.8. The first-order valence-electron chi connectivity index (χ1n) is 28.4. The first-order chi connectivity index (χ1) is 34.0. The molecule has 0 saturated carbocycles. The summed E-state index contributed by atoms with van der Waals surface area (Å²) >= 11 is 0. The molecular weight excluding hydrogens is 853 g/mol. The monoisotopic (exact) mass is 957 g/mol. The maximum absolute atomic E-state index is 12.8. The molecule has 0 N–H and O–H groups in total. The molecule has 0 heterocycles. The maximum atomic E-state index is 12.8. The highest BCUT2D eigenvalue weighted by molar-refractivity contribution is 5.71. The molecule has 6 nitrogen and oxygen atoms in total. The number of hydrogen-bond acceptors (Lipinski definition) is 6. The predicted octanol–water partition coefficient (Wildman–Crippen LogP) is 19.1. The number of allylic oxidation sites excluding steroid dienone is 18. The third-order valence-corrected chi connectivity index (χ3v) is 11.7. The minimum Gasteiger partial charge on any atom is -0.462 e. The van der Waals surface area contributed by atoms with Gasteiger partial charge in [-0.3, -0.25) is 14.4 Å². The van der Waals surface area contributed by atoms with Crippen molar-refractivity contribution in [2.45, 2.75) is 258 Å². The molecule has 6 heteroatoms. The smallest absolute Gasteiger partial charge is 0.306 e. The van der Waals surface area contributed by atoms with E-state index < -0.39 is 6.10 Å². The van der Waals surface area contributed by atoms with E-state index >= 15 is 0 Å². The number of ether oxygens (including phenoxy) is 3. The van der Waals surface area contributed by atoms with E-state index in [4.69, 9.17) is 14.2 Å². The van der Waals surface area contributed by atoms with Gasteiger partial charge < -0.3 is 14.2 Å². The Morgan fingerprint density at radius 3 is 0.884 bits per heavy atom. The number of carbonyl (C=O) groups is 3. The Kier molecular flexibility index (Phi) is 53.4. The van der Waals surface area contributed by atoms with E-state index in [1.165, 1.54) is 51.4 Å². The first-order valence-corrected chi connectivity index (χ1v) is 28.4. The van der Waals surface area contributed by atoms with E-state index in [1.54, 1.807) is 0 Å². The van der Waals surface area contributed by atoms with Crippen LogP contribution in [-0.4, -0.2) is 37.2 Å². The summed E-state index contributed by atoms with van der Waals surface area (Å²) in [5, 5.41) is 0. The molecule has 392 valence electrons. The molecule has 0 aromatic carbocycles. The molecule has 0 aliphatic rings. The fourth-order valence-corrected chi connectivity index (χ4v) is 7.54. The van der Waals surface area contributed by atoms with Crippen molar-refractivity contribution < 1.29 is 28.6 Å². The molecule has 0 aromatic heterocycles. The van der Waals surface area contributed by atoms with Crippen LogP contribution >= 0.6 is 0 Å². The van der Waals surface area contributed by atoms with Gasteiger partial charge in [0, 0.05) is 19.3 Å². The van der Waals surface area contributed by atoms with Crippen LogP contribution in [0, 0.1) is 0 Å². The first kappa shape index (κ1) is 65.1. The van der Waals surface area contributed by atoms with Gasteiger partial charge in [0.15, 0.2) is 6.10 Å². The van der Waals surface area contributed by atoms with E-state index in [-0.39, 0.29) is 31.1 Å². The lowest BCUT2D eigenvalue weighted by Gasteiger charge is -2.18. The van der Waals surface area contributed by atoms with E-state index in [0.29, 0.717) is 19.3 Å². The SMILES string of the molecule is CC/C=C\C/C=C\C/C=C\CCCCCCCC(=O)OCC(COC(=O)CCCCCCCC/C=C\C/C=C\C/C=C\CCCCCCC)OC(=O)CCCCCCC/C=C\C/C=C\C/C=C\CC. The standard InChI is InChI=1S/C63H104O6/c1-4-7-10-13-16-19-22-25-28-29-30-31-32-33-36-38-41-44-47-50-53-56-62(65)68-59-60(69-63(66)57-54-51-48-45-42-39-35-27-24-21-18-15-12-9-6-3)58-67-61(64)55-52-49-46-43-40-37-34-26-23-20-17-14-11-8-5-2/h8-9,11-12,17-18,20-22,25-27,29-30,32-35,60H,4-7,10,13-16,19,23-24,28,31,36-59H2,1-3H3/b11-8-,12-9-,20-17-,21-18-,25-22-,30-29-,33-32-,34-26-,35-27-. The topological polar surface area (TPSA) is 78.9 Å². The van der Waals surface area contributed by atoms with Crippen LogP contribution in [0.5, 0.6) is 0 Å². The molecule has 0 bridgehead atoms. The van der Waals surface area contributed by atoms with Crippen LogP contribution in [0.25, 0.3) is 0 Å². The second kappa shape index (κ2) is 56.7. The zero-order valence-corrected chi connectivity index (χ0v) is 44.8. The second-order valence-electron chi connectivity index (χ2n) is 18.4. The summed E-state index contributed by atoms with van der Waals surface area (Å²) in [5.74, 6) is -0.946. The van der Waals surface area contributed by atoms with Crippen molar-refractivity contribution in [2.75, 3.05) is 13.2 Å². The number of unbranched alkanes of at least 4 members (excludes halogenated alkanes) is 21. The van der Waals surface area contributed by atoms with Crippen LogP contribution in [0.3, 0.4) is 0 Å². The highest BCUT2D eigenvalue weighted by atomic mass is 16.6. The van der Waals surface area contributed by atoms with Gasteiger partial charge in [0.05, 0.1) is 0 Å². The Bertz CT molecular complexity index is 1420. The quantitative estimate of drug-likeness (QED) is 0.0262. The lowest BCUT2D eigenvalue weighted by Crippen LogP contribution is -2.30. The van der Waals surface area contributed by atoms with Crippen molar-refractivity contribution in [3.8, 4) is 0 Å². The van der Waals surface area contributed by atoms with Gasteiger partial charge in [0.25, 0.3) is 0 Å². The normalized spacial score (nSPS) is 12.9. The maximum Gasteiger partial charge on any atom is 0.306 e. The molecule has 1 atom stereocenters. The van der Waals surface area contributed by atoms with E-state index in [9.17, 15) is 14.4 Å². The van der Waals surface area contributed by atoms with Crippen molar-refractivity contribution >= 4 is 17.9 Å². The largest absolute Gasteiger partial charge is 0.462 e. The molecule has 0 amide bonds. The van der Waals surface area contributed by atoms with Crippen LogP contribution in [-0.2, 0) is 28.6 Å². The van der Waals surface area contributed by atoms with E-state index in [0.717, 1.165) is 161 Å². The molecule has 0 aromatic rings. The fraction of sp³-hybridized carbons (Fsp3) is 0.667. The average molecular weight is 958 g/mol. The molecule has 0 radical (unpaired) electrons. The van der Waals surface area contributed by atoms with Gasteiger partial charge in [-0.25, -0.2) is 0 Å². The lowest BCUT2D eigenvalue weighted by atomic mass is 10.1. The molecule has 69 heavy (non-hydrogen) atoms. The van der Waals surface area contributed by atoms with Crippen LogP contribution in [0.2, 0.25) is 0 Å². The summed E-state index contributed by atoms with van der Waals surface area (Å²) in [5.41, 5.74) is 0. The molecule has 0 rings (SSSR count). The zero-order chi connectivity index (χ0) is 50.0. The molecule has 0 saturated heterocycles. The molecular formula is C63H104O6. The summed E-state index contributed by atoms with van der Waals surface area (Å²) in [6.45, 7) is 6.36. The van der Waals surface area contributed by atoms with Gasteiger partial charge in [-0.15, -0.1) is 0 Å². The Balaban J connectivity index is 4.45. The van der Waals surface area contributed by atoms with Crippen molar-refractivity contribution in [3.63, 3.8) is 0 Å². The Morgan fingerprint density at radius 1 is 0.304 bits per heavy atom. The third-order valence-electron chi connectivity index (χ3n) is 11.7. The fourth-order valence-electron chi connectivity index (χ4n) is 7.54. The van der Waals surface area contributed by atoms with E-state index in [1.807, 2.05) is 0 Å². The van der Waals surface area contributed by atoms with Crippen LogP contribution in [0.15, 0.2) is 109 Å². The summed E-state index contributed by atoms with van der Waals surface area (Å²) in [7, 11) is 0. The highest BCUT2D eigenvalue weighted by Gasteiger charge is 2.19. The lowest BCUT2D eigenvalue weighted by molar-refractivity contribution is -0.167. The van der Waals surface area contributed by atoms with Gasteiger partial charge in [-0.1, -0.05) is 220 Å². The predicted molar refractivity (Wildman–Crippen MR) is 297 cm³/mol. The highest BCUT2D eigenvalue weighted by Crippen LogP contribution is 2.14. The van der Waals surface area contributed by atoms with Crippen LogP contribution < -0.4 is 0 Å². The van der Waals surface area contributed by atoms with Crippen LogP contribution in [0.1, 0.15) is 252 Å². The number of rotatable bonds is 50. The summed E-state index contributed by atoms with van der Waals surface area (Å²) < 4.78 is 16.8. The van der Waals surface area contributed by atoms with Crippen molar-refractivity contribution in [2.24, 2.45) is 0 Å². The molecule has 0 fully saturated rings. The second-order valence-corrected chi connectivity index (χ2v) is 18.4. The molecule has 0 aliphatic heterocycles. The van der Waals surface area contributed by atoms with Gasteiger partial charge in [-0.2, -0.15) is 0 Å². The average Bonchev–Trinajstić information content (AvgIpc) is 3.35. The molecule has 0 spiro atoms. The van der Waals surface area contributed by atoms with Gasteiger partial charge in [-0.05, 0) is 122 Å². The van der Waals surface area contributed by atoms with Crippen molar-refractivity contribution in [1.29, 1.82) is 0 Å². The van der Waals surface area contributed by atoms with Crippen molar-refractivity contribution in [1.82, 2.24) is 0 Å². The van der Waals surface area contributed by atoms with Crippen molar-refractivity contribution in [3.05, 3.63) is 109 Å². The third kappa shape index (κ3) is 54.9. The minimum atomic E-state index is -0.803. The number of carbonyl (C=O) groups excluding carboxylic acids is 3. The number of hydrogen-bond donors (Lipinski definition) is 0. The summed E-state index contributed by atoms with van der Waals surface area (Å²) in [6, 6.07) is 0. The Morgan fingerprint density at radius 2 is 0.565 bits per heavy atom. The van der Waals surface area contributed by atoms with Gasteiger partial charge in [0.2, 0.25) is 0 Å².